The summed E-state index contributed by atoms with van der Waals surface area (Å²) in [5.74, 6) is -0.321. The van der Waals surface area contributed by atoms with E-state index in [9.17, 15) is 13.2 Å². The summed E-state index contributed by atoms with van der Waals surface area (Å²) in [5.41, 5.74) is 2.35. The zero-order chi connectivity index (χ0) is 19.3. The van der Waals surface area contributed by atoms with E-state index in [2.05, 4.69) is 5.32 Å². The van der Waals surface area contributed by atoms with Crippen LogP contribution in [0, 0.1) is 13.8 Å². The number of aryl methyl sites for hydroxylation is 2. The van der Waals surface area contributed by atoms with Crippen molar-refractivity contribution < 1.29 is 13.2 Å². The summed E-state index contributed by atoms with van der Waals surface area (Å²) in [4.78, 5) is 12.6. The molecule has 6 heteroatoms. The predicted octanol–water partition coefficient (Wildman–Crippen LogP) is 3.41. The van der Waals surface area contributed by atoms with Gasteiger partial charge in [0.1, 0.15) is 6.54 Å². The number of anilines is 1. The second-order valence-corrected chi connectivity index (χ2v) is 8.35. The van der Waals surface area contributed by atoms with Crippen molar-refractivity contribution >= 4 is 21.6 Å². The van der Waals surface area contributed by atoms with Crippen molar-refractivity contribution in [2.45, 2.75) is 45.1 Å². The Hall–Kier alpha value is -2.34. The lowest BCUT2D eigenvalue weighted by atomic mass is 10.1. The largest absolute Gasteiger partial charge is 0.352 e. The summed E-state index contributed by atoms with van der Waals surface area (Å²) in [6, 6.07) is 13.7. The number of carbonyl (C=O) groups excluding carboxylic acids is 1. The van der Waals surface area contributed by atoms with Crippen molar-refractivity contribution in [2.75, 3.05) is 10.8 Å². The van der Waals surface area contributed by atoms with Gasteiger partial charge in [-0.25, -0.2) is 8.42 Å². The highest BCUT2D eigenvalue weighted by atomic mass is 32.2. The topological polar surface area (TPSA) is 66.5 Å². The Bertz CT molecular complexity index is 864. The van der Waals surface area contributed by atoms with E-state index in [-0.39, 0.29) is 23.4 Å². The first-order chi connectivity index (χ1) is 12.3. The normalized spacial score (nSPS) is 12.5. The molecule has 0 aliphatic rings. The van der Waals surface area contributed by atoms with Gasteiger partial charge in [-0.1, -0.05) is 42.8 Å². The van der Waals surface area contributed by atoms with E-state index in [1.807, 2.05) is 39.8 Å². The van der Waals surface area contributed by atoms with E-state index in [4.69, 9.17) is 0 Å². The molecule has 0 fully saturated rings. The second kappa shape index (κ2) is 8.36. The van der Waals surface area contributed by atoms with E-state index in [0.29, 0.717) is 5.69 Å². The molecule has 0 aliphatic heterocycles. The third kappa shape index (κ3) is 4.64. The van der Waals surface area contributed by atoms with Gasteiger partial charge in [-0.15, -0.1) is 0 Å². The van der Waals surface area contributed by atoms with Crippen molar-refractivity contribution in [3.05, 3.63) is 59.7 Å². The molecule has 2 aromatic carbocycles. The molecule has 2 aromatic rings. The monoisotopic (exact) mass is 374 g/mol. The predicted molar refractivity (Wildman–Crippen MR) is 105 cm³/mol. The minimum Gasteiger partial charge on any atom is -0.352 e. The fourth-order valence-electron chi connectivity index (χ4n) is 2.66. The van der Waals surface area contributed by atoms with Crippen LogP contribution in [0.4, 0.5) is 5.69 Å². The number of hydrogen-bond acceptors (Lipinski definition) is 3. The smallest absolute Gasteiger partial charge is 0.264 e. The SMILES string of the molecule is CC[C@H](C)NC(=O)CN(c1ccc(C)cc1C)S(=O)(=O)c1ccccc1. The van der Waals surface area contributed by atoms with Crippen LogP contribution >= 0.6 is 0 Å². The van der Waals surface area contributed by atoms with Crippen LogP contribution in [0.3, 0.4) is 0 Å². The van der Waals surface area contributed by atoms with Gasteiger partial charge in [-0.05, 0) is 51.0 Å². The molecule has 0 radical (unpaired) electrons. The van der Waals surface area contributed by atoms with Crippen LogP contribution < -0.4 is 9.62 Å². The van der Waals surface area contributed by atoms with Gasteiger partial charge in [0.15, 0.2) is 0 Å². The highest BCUT2D eigenvalue weighted by molar-refractivity contribution is 7.92. The Morgan fingerprint density at radius 2 is 1.77 bits per heavy atom. The number of hydrogen-bond donors (Lipinski definition) is 1. The third-order valence-electron chi connectivity index (χ3n) is 4.26. The molecule has 2 rings (SSSR count). The van der Waals surface area contributed by atoms with Gasteiger partial charge in [0.2, 0.25) is 5.91 Å². The van der Waals surface area contributed by atoms with Gasteiger partial charge in [0.05, 0.1) is 10.6 Å². The fourth-order valence-corrected chi connectivity index (χ4v) is 4.16. The number of amides is 1. The minimum absolute atomic E-state index is 0.0112. The zero-order valence-electron chi connectivity index (χ0n) is 15.7. The van der Waals surface area contributed by atoms with Gasteiger partial charge in [0, 0.05) is 6.04 Å². The molecule has 0 aliphatic carbocycles. The van der Waals surface area contributed by atoms with Gasteiger partial charge < -0.3 is 5.32 Å². The molecule has 0 saturated carbocycles. The molecule has 0 aromatic heterocycles. The summed E-state index contributed by atoms with van der Waals surface area (Å²) < 4.78 is 27.6. The van der Waals surface area contributed by atoms with Crippen molar-refractivity contribution in [1.29, 1.82) is 0 Å². The molecule has 0 unspecified atom stereocenters. The number of nitrogens with zero attached hydrogens (tertiary/aromatic N) is 1. The van der Waals surface area contributed by atoms with Crippen LogP contribution in [-0.4, -0.2) is 26.9 Å². The highest BCUT2D eigenvalue weighted by Gasteiger charge is 2.28. The number of sulfonamides is 1. The summed E-state index contributed by atoms with van der Waals surface area (Å²) in [6.07, 6.45) is 0.779. The summed E-state index contributed by atoms with van der Waals surface area (Å²) in [6.45, 7) is 7.40. The lowest BCUT2D eigenvalue weighted by molar-refractivity contribution is -0.120. The highest BCUT2D eigenvalue weighted by Crippen LogP contribution is 2.27. The molecule has 1 atom stereocenters. The molecule has 0 heterocycles. The average Bonchev–Trinajstić information content (AvgIpc) is 2.60. The summed E-state index contributed by atoms with van der Waals surface area (Å²) in [7, 11) is -3.85. The average molecular weight is 375 g/mol. The third-order valence-corrected chi connectivity index (χ3v) is 6.03. The molecule has 1 N–H and O–H groups in total. The van der Waals surface area contributed by atoms with Crippen molar-refractivity contribution in [3.63, 3.8) is 0 Å². The maximum absolute atomic E-state index is 13.2. The van der Waals surface area contributed by atoms with Gasteiger partial charge in [-0.3, -0.25) is 9.10 Å². The Morgan fingerprint density at radius 1 is 1.12 bits per heavy atom. The summed E-state index contributed by atoms with van der Waals surface area (Å²) in [5, 5.41) is 2.84. The lowest BCUT2D eigenvalue weighted by Gasteiger charge is -2.26. The zero-order valence-corrected chi connectivity index (χ0v) is 16.5. The molecule has 0 spiro atoms. The van der Waals surface area contributed by atoms with E-state index in [0.717, 1.165) is 17.5 Å². The molecule has 0 saturated heterocycles. The van der Waals surface area contributed by atoms with E-state index < -0.39 is 10.0 Å². The molecule has 140 valence electrons. The maximum Gasteiger partial charge on any atom is 0.264 e. The van der Waals surface area contributed by atoms with Gasteiger partial charge in [0.25, 0.3) is 10.0 Å². The van der Waals surface area contributed by atoms with Crippen LogP contribution in [0.25, 0.3) is 0 Å². The molecule has 5 nitrogen and oxygen atoms in total. The molecule has 26 heavy (non-hydrogen) atoms. The van der Waals surface area contributed by atoms with Crippen LogP contribution in [0.15, 0.2) is 53.4 Å². The maximum atomic E-state index is 13.2. The van der Waals surface area contributed by atoms with Crippen molar-refractivity contribution in [1.82, 2.24) is 5.32 Å². The molecule has 0 bridgehead atoms. The quantitative estimate of drug-likeness (QED) is 0.808. The Balaban J connectivity index is 2.47. The Kier molecular flexibility index (Phi) is 6.42. The van der Waals surface area contributed by atoms with Crippen molar-refractivity contribution in [2.24, 2.45) is 0 Å². The standard InChI is InChI=1S/C20H26N2O3S/c1-5-17(4)21-20(23)14-22(19-12-11-15(2)13-16(19)3)26(24,25)18-9-7-6-8-10-18/h6-13,17H,5,14H2,1-4H3,(H,21,23)/t17-/m0/s1. The Morgan fingerprint density at radius 3 is 2.35 bits per heavy atom. The minimum atomic E-state index is -3.85. The van der Waals surface area contributed by atoms with Crippen LogP contribution in [0.5, 0.6) is 0 Å². The molecular formula is C20H26N2O3S. The fraction of sp³-hybridized carbons (Fsp3) is 0.350. The second-order valence-electron chi connectivity index (χ2n) is 6.49. The van der Waals surface area contributed by atoms with Gasteiger partial charge in [-0.2, -0.15) is 0 Å². The molecule has 1 amide bonds. The first kappa shape index (κ1) is 20.0. The number of nitrogens with one attached hydrogen (secondary N) is 1. The van der Waals surface area contributed by atoms with Gasteiger partial charge >= 0.3 is 0 Å². The van der Waals surface area contributed by atoms with Crippen molar-refractivity contribution in [3.8, 4) is 0 Å². The van der Waals surface area contributed by atoms with E-state index in [1.165, 1.54) is 4.31 Å². The summed E-state index contributed by atoms with van der Waals surface area (Å²) >= 11 is 0. The number of benzene rings is 2. The first-order valence-corrected chi connectivity index (χ1v) is 10.1. The number of rotatable bonds is 7. The van der Waals surface area contributed by atoms with Crippen LogP contribution in [0.2, 0.25) is 0 Å². The first-order valence-electron chi connectivity index (χ1n) is 8.70. The van der Waals surface area contributed by atoms with Crippen LogP contribution in [-0.2, 0) is 14.8 Å². The Labute approximate surface area is 156 Å². The number of carbonyl (C=O) groups is 1. The van der Waals surface area contributed by atoms with E-state index in [1.54, 1.807) is 36.4 Å². The lowest BCUT2D eigenvalue weighted by Crippen LogP contribution is -2.43. The molecular weight excluding hydrogens is 348 g/mol. The van der Waals surface area contributed by atoms with Crippen LogP contribution in [0.1, 0.15) is 31.4 Å². The van der Waals surface area contributed by atoms with E-state index >= 15 is 0 Å².